The predicted octanol–water partition coefficient (Wildman–Crippen LogP) is 1.16. The Morgan fingerprint density at radius 2 is 2.22 bits per heavy atom. The lowest BCUT2D eigenvalue weighted by atomic mass is 10.4. The van der Waals surface area contributed by atoms with Crippen molar-refractivity contribution in [3.05, 3.63) is 22.4 Å². The first-order chi connectivity index (χ1) is 8.54. The van der Waals surface area contributed by atoms with Crippen molar-refractivity contribution in [2.45, 2.75) is 6.92 Å². The van der Waals surface area contributed by atoms with Gasteiger partial charge in [-0.3, -0.25) is 4.68 Å². The van der Waals surface area contributed by atoms with E-state index in [2.05, 4.69) is 15.4 Å². The molecule has 2 aromatic rings. The van der Waals surface area contributed by atoms with Crippen LogP contribution in [0.15, 0.2) is 12.3 Å². The highest BCUT2D eigenvalue weighted by Gasteiger charge is 2.20. The van der Waals surface area contributed by atoms with Gasteiger partial charge in [0, 0.05) is 19.7 Å². The molecule has 0 aliphatic rings. The maximum Gasteiger partial charge on any atom is 0.342 e. The largest absolute Gasteiger partial charge is 0.371 e. The molecule has 2 rings (SSSR count). The van der Waals surface area contributed by atoms with Gasteiger partial charge in [-0.15, -0.1) is 0 Å². The number of nitrogens with zero attached hydrogens (tertiary/aromatic N) is 5. The lowest BCUT2D eigenvalue weighted by molar-refractivity contribution is -0.391. The molecular formula is C10H14N6O2. The van der Waals surface area contributed by atoms with Crippen LogP contribution < -0.4 is 5.32 Å². The highest BCUT2D eigenvalue weighted by molar-refractivity contribution is 5.58. The third-order valence-electron chi connectivity index (χ3n) is 2.62. The Bertz CT molecular complexity index is 585. The molecule has 8 nitrogen and oxygen atoms in total. The number of aryl methyl sites for hydroxylation is 1. The van der Waals surface area contributed by atoms with E-state index in [9.17, 15) is 10.1 Å². The number of nitrogens with one attached hydrogen (secondary N) is 1. The molecule has 2 aromatic heterocycles. The van der Waals surface area contributed by atoms with Crippen molar-refractivity contribution in [3.8, 4) is 11.5 Å². The topological polar surface area (TPSA) is 90.8 Å². The summed E-state index contributed by atoms with van der Waals surface area (Å²) in [4.78, 5) is 14.3. The second kappa shape index (κ2) is 4.47. The molecule has 18 heavy (non-hydrogen) atoms. The van der Waals surface area contributed by atoms with Gasteiger partial charge in [0.15, 0.2) is 5.69 Å². The molecular weight excluding hydrogens is 236 g/mol. The van der Waals surface area contributed by atoms with E-state index in [4.69, 9.17) is 0 Å². The Balaban J connectivity index is 2.43. The van der Waals surface area contributed by atoms with Gasteiger partial charge >= 0.3 is 5.82 Å². The number of rotatable bonds is 4. The Morgan fingerprint density at radius 1 is 1.50 bits per heavy atom. The SMILES string of the molecule is CCNc1cc(-c2ncc([N+](=O)[O-])n2C)nn1C. The molecule has 0 fully saturated rings. The van der Waals surface area contributed by atoms with E-state index in [1.54, 1.807) is 18.8 Å². The fourth-order valence-corrected chi connectivity index (χ4v) is 1.73. The number of aromatic nitrogens is 4. The molecule has 0 aliphatic heterocycles. The minimum absolute atomic E-state index is 0.0550. The monoisotopic (exact) mass is 250 g/mol. The van der Waals surface area contributed by atoms with Crippen molar-refractivity contribution < 1.29 is 4.92 Å². The number of anilines is 1. The Labute approximate surface area is 103 Å². The first-order valence-electron chi connectivity index (χ1n) is 5.49. The number of hydrogen-bond donors (Lipinski definition) is 1. The van der Waals surface area contributed by atoms with Gasteiger partial charge in [-0.05, 0) is 11.8 Å². The average molecular weight is 250 g/mol. The fraction of sp³-hybridized carbons (Fsp3) is 0.400. The molecule has 0 atom stereocenters. The van der Waals surface area contributed by atoms with E-state index < -0.39 is 4.92 Å². The van der Waals surface area contributed by atoms with E-state index in [1.165, 1.54) is 10.8 Å². The Morgan fingerprint density at radius 3 is 2.78 bits per heavy atom. The third-order valence-corrected chi connectivity index (χ3v) is 2.62. The Kier molecular flexibility index (Phi) is 3.00. The lowest BCUT2D eigenvalue weighted by Gasteiger charge is -2.00. The zero-order chi connectivity index (χ0) is 13.3. The molecule has 2 heterocycles. The maximum atomic E-state index is 10.7. The molecule has 0 unspecified atom stereocenters. The first-order valence-corrected chi connectivity index (χ1v) is 5.49. The molecule has 1 N–H and O–H groups in total. The minimum Gasteiger partial charge on any atom is -0.371 e. The molecule has 8 heteroatoms. The van der Waals surface area contributed by atoms with Gasteiger partial charge in [0.2, 0.25) is 5.82 Å². The summed E-state index contributed by atoms with van der Waals surface area (Å²) in [7, 11) is 3.40. The summed E-state index contributed by atoms with van der Waals surface area (Å²) in [5.41, 5.74) is 0.601. The van der Waals surface area contributed by atoms with Crippen LogP contribution in [0.4, 0.5) is 11.6 Å². The van der Waals surface area contributed by atoms with Crippen LogP contribution in [-0.4, -0.2) is 30.8 Å². The summed E-state index contributed by atoms with van der Waals surface area (Å²) in [6.07, 6.45) is 1.23. The molecule has 0 saturated carbocycles. The van der Waals surface area contributed by atoms with E-state index in [0.717, 1.165) is 12.4 Å². The predicted molar refractivity (Wildman–Crippen MR) is 66.2 cm³/mol. The summed E-state index contributed by atoms with van der Waals surface area (Å²) < 4.78 is 3.09. The van der Waals surface area contributed by atoms with Crippen LogP contribution in [0.25, 0.3) is 11.5 Å². The van der Waals surface area contributed by atoms with Crippen LogP contribution >= 0.6 is 0 Å². The van der Waals surface area contributed by atoms with E-state index in [0.29, 0.717) is 11.5 Å². The van der Waals surface area contributed by atoms with Gasteiger partial charge in [-0.2, -0.15) is 5.10 Å². The molecule has 0 amide bonds. The van der Waals surface area contributed by atoms with Crippen molar-refractivity contribution >= 4 is 11.6 Å². The smallest absolute Gasteiger partial charge is 0.342 e. The number of hydrogen-bond acceptors (Lipinski definition) is 5. The van der Waals surface area contributed by atoms with Gasteiger partial charge in [0.1, 0.15) is 12.0 Å². The highest BCUT2D eigenvalue weighted by atomic mass is 16.6. The number of nitro groups is 1. The lowest BCUT2D eigenvalue weighted by Crippen LogP contribution is -2.02. The van der Waals surface area contributed by atoms with Crippen LogP contribution in [0.1, 0.15) is 6.92 Å². The van der Waals surface area contributed by atoms with Crippen molar-refractivity contribution in [3.63, 3.8) is 0 Å². The van der Waals surface area contributed by atoms with Crippen LogP contribution in [-0.2, 0) is 14.1 Å². The molecule has 96 valence electrons. The van der Waals surface area contributed by atoms with Crippen molar-refractivity contribution in [1.82, 2.24) is 19.3 Å². The summed E-state index contributed by atoms with van der Waals surface area (Å²) in [6, 6.07) is 1.82. The van der Waals surface area contributed by atoms with Crippen molar-refractivity contribution in [2.75, 3.05) is 11.9 Å². The van der Waals surface area contributed by atoms with E-state index in [1.807, 2.05) is 13.0 Å². The molecule has 0 saturated heterocycles. The summed E-state index contributed by atoms with van der Waals surface area (Å²) in [6.45, 7) is 2.76. The van der Waals surface area contributed by atoms with Gasteiger partial charge in [-0.1, -0.05) is 0 Å². The highest BCUT2D eigenvalue weighted by Crippen LogP contribution is 2.23. The molecule has 0 radical (unpaired) electrons. The van der Waals surface area contributed by atoms with Crippen LogP contribution in [0.2, 0.25) is 0 Å². The fourth-order valence-electron chi connectivity index (χ4n) is 1.73. The second-order valence-electron chi connectivity index (χ2n) is 3.82. The quantitative estimate of drug-likeness (QED) is 0.649. The zero-order valence-corrected chi connectivity index (χ0v) is 10.4. The van der Waals surface area contributed by atoms with Gasteiger partial charge in [-0.25, -0.2) is 9.55 Å². The van der Waals surface area contributed by atoms with Gasteiger partial charge in [0.25, 0.3) is 0 Å². The van der Waals surface area contributed by atoms with Crippen LogP contribution in [0, 0.1) is 10.1 Å². The number of imidazole rings is 1. The second-order valence-corrected chi connectivity index (χ2v) is 3.82. The molecule has 0 aliphatic carbocycles. The third kappa shape index (κ3) is 1.92. The van der Waals surface area contributed by atoms with Gasteiger partial charge < -0.3 is 15.4 Å². The zero-order valence-electron chi connectivity index (χ0n) is 10.4. The van der Waals surface area contributed by atoms with Crippen LogP contribution in [0.3, 0.4) is 0 Å². The van der Waals surface area contributed by atoms with E-state index >= 15 is 0 Å². The normalized spacial score (nSPS) is 10.6. The standard InChI is InChI=1S/C10H14N6O2/c1-4-11-8-5-7(13-15(8)3)10-12-6-9(14(10)2)16(17)18/h5-6,11H,4H2,1-3H3. The summed E-state index contributed by atoms with van der Waals surface area (Å²) in [5, 5.41) is 18.2. The molecule has 0 bridgehead atoms. The van der Waals surface area contributed by atoms with Crippen molar-refractivity contribution in [1.29, 1.82) is 0 Å². The van der Waals surface area contributed by atoms with E-state index in [-0.39, 0.29) is 5.82 Å². The Hall–Kier alpha value is -2.38. The maximum absolute atomic E-state index is 10.7. The van der Waals surface area contributed by atoms with Crippen molar-refractivity contribution in [2.24, 2.45) is 14.1 Å². The minimum atomic E-state index is -0.468. The summed E-state index contributed by atoms with van der Waals surface area (Å²) in [5.74, 6) is 1.26. The van der Waals surface area contributed by atoms with Crippen LogP contribution in [0.5, 0.6) is 0 Å². The summed E-state index contributed by atoms with van der Waals surface area (Å²) >= 11 is 0. The molecule has 0 spiro atoms. The average Bonchev–Trinajstić information content (AvgIpc) is 2.84. The molecule has 0 aromatic carbocycles. The van der Waals surface area contributed by atoms with Gasteiger partial charge in [0.05, 0.1) is 7.05 Å². The first kappa shape index (κ1) is 12.1.